The molecule has 0 saturated carbocycles. The average Bonchev–Trinajstić information content (AvgIpc) is 2.60. The van der Waals surface area contributed by atoms with E-state index in [4.69, 9.17) is 0 Å². The number of hydrogen-bond acceptors (Lipinski definition) is 3. The molecule has 0 bridgehead atoms. The standard InChI is InChI=1S/C18H17F3N2O3/c1-11-5-6-13(10-15(11)19)17(25)23-8-7-22-16(24)12-3-2-4-14(9-12)26-18(20)21/h2-6,9-10,18H,7-8H2,1H3,(H,22,24)(H,23,25). The molecule has 0 radical (unpaired) electrons. The minimum absolute atomic E-state index is 0.110. The molecule has 138 valence electrons. The van der Waals surface area contributed by atoms with Crippen molar-refractivity contribution in [2.24, 2.45) is 0 Å². The number of ether oxygens (including phenoxy) is 1. The van der Waals surface area contributed by atoms with Crippen molar-refractivity contribution in [3.05, 3.63) is 65.0 Å². The number of carbonyl (C=O) groups is 2. The summed E-state index contributed by atoms with van der Waals surface area (Å²) in [7, 11) is 0. The summed E-state index contributed by atoms with van der Waals surface area (Å²) in [5, 5.41) is 5.08. The normalized spacial score (nSPS) is 10.5. The van der Waals surface area contributed by atoms with Crippen LogP contribution in [0, 0.1) is 12.7 Å². The number of hydrogen-bond donors (Lipinski definition) is 2. The Bertz CT molecular complexity index is 797. The quantitative estimate of drug-likeness (QED) is 0.741. The van der Waals surface area contributed by atoms with Crippen molar-refractivity contribution in [2.45, 2.75) is 13.5 Å². The lowest BCUT2D eigenvalue weighted by Gasteiger charge is -2.09. The average molecular weight is 366 g/mol. The van der Waals surface area contributed by atoms with E-state index in [1.165, 1.54) is 36.4 Å². The van der Waals surface area contributed by atoms with Crippen molar-refractivity contribution < 1.29 is 27.5 Å². The number of benzene rings is 2. The summed E-state index contributed by atoms with van der Waals surface area (Å²) in [6.45, 7) is -1.16. The van der Waals surface area contributed by atoms with Gasteiger partial charge in [0.15, 0.2) is 0 Å². The summed E-state index contributed by atoms with van der Waals surface area (Å²) in [5.74, 6) is -1.56. The predicted octanol–water partition coefficient (Wildman–Crippen LogP) is 2.90. The third-order valence-electron chi connectivity index (χ3n) is 3.45. The van der Waals surface area contributed by atoms with Gasteiger partial charge in [-0.3, -0.25) is 9.59 Å². The van der Waals surface area contributed by atoms with E-state index in [0.717, 1.165) is 6.07 Å². The highest BCUT2D eigenvalue weighted by atomic mass is 19.3. The largest absolute Gasteiger partial charge is 0.435 e. The Morgan fingerprint density at radius 2 is 1.62 bits per heavy atom. The number of carbonyl (C=O) groups excluding carboxylic acids is 2. The van der Waals surface area contributed by atoms with Gasteiger partial charge < -0.3 is 15.4 Å². The fourth-order valence-corrected chi connectivity index (χ4v) is 2.10. The van der Waals surface area contributed by atoms with Crippen LogP contribution in [0.5, 0.6) is 5.75 Å². The van der Waals surface area contributed by atoms with Gasteiger partial charge in [-0.1, -0.05) is 12.1 Å². The molecule has 26 heavy (non-hydrogen) atoms. The molecular weight excluding hydrogens is 349 g/mol. The van der Waals surface area contributed by atoms with Gasteiger partial charge in [-0.2, -0.15) is 8.78 Å². The highest BCUT2D eigenvalue weighted by Crippen LogP contribution is 2.15. The van der Waals surface area contributed by atoms with Crippen LogP contribution < -0.4 is 15.4 Å². The molecule has 0 spiro atoms. The lowest BCUT2D eigenvalue weighted by Crippen LogP contribution is -2.34. The molecule has 0 atom stereocenters. The number of nitrogens with one attached hydrogen (secondary N) is 2. The lowest BCUT2D eigenvalue weighted by molar-refractivity contribution is -0.0498. The molecule has 0 aromatic heterocycles. The van der Waals surface area contributed by atoms with Gasteiger partial charge in [0.25, 0.3) is 11.8 Å². The smallest absolute Gasteiger partial charge is 0.387 e. The summed E-state index contributed by atoms with van der Waals surface area (Å²) in [6, 6.07) is 9.50. The minimum Gasteiger partial charge on any atom is -0.435 e. The maximum atomic E-state index is 13.4. The van der Waals surface area contributed by atoms with Crippen LogP contribution in [0.15, 0.2) is 42.5 Å². The van der Waals surface area contributed by atoms with Gasteiger partial charge >= 0.3 is 6.61 Å². The molecule has 0 aliphatic rings. The summed E-state index contributed by atoms with van der Waals surface area (Å²) >= 11 is 0. The second-order valence-electron chi connectivity index (χ2n) is 5.38. The third-order valence-corrected chi connectivity index (χ3v) is 3.45. The van der Waals surface area contributed by atoms with E-state index in [-0.39, 0.29) is 30.0 Å². The zero-order valence-corrected chi connectivity index (χ0v) is 13.9. The monoisotopic (exact) mass is 366 g/mol. The fourth-order valence-electron chi connectivity index (χ4n) is 2.10. The van der Waals surface area contributed by atoms with E-state index >= 15 is 0 Å². The first kappa shape index (κ1) is 19.3. The van der Waals surface area contributed by atoms with Crippen molar-refractivity contribution in [3.63, 3.8) is 0 Å². The molecule has 5 nitrogen and oxygen atoms in total. The van der Waals surface area contributed by atoms with Gasteiger partial charge in [-0.25, -0.2) is 4.39 Å². The Balaban J connectivity index is 1.81. The number of rotatable bonds is 7. The van der Waals surface area contributed by atoms with Gasteiger partial charge in [0.1, 0.15) is 11.6 Å². The minimum atomic E-state index is -2.98. The van der Waals surface area contributed by atoms with E-state index in [9.17, 15) is 22.8 Å². The number of alkyl halides is 2. The van der Waals surface area contributed by atoms with Gasteiger partial charge in [-0.05, 0) is 42.8 Å². The molecule has 2 N–H and O–H groups in total. The molecular formula is C18H17F3N2O3. The van der Waals surface area contributed by atoms with Crippen LogP contribution in [0.25, 0.3) is 0 Å². The topological polar surface area (TPSA) is 67.4 Å². The first-order valence-corrected chi connectivity index (χ1v) is 7.74. The zero-order chi connectivity index (χ0) is 19.1. The van der Waals surface area contributed by atoms with E-state index in [1.807, 2.05) is 0 Å². The molecule has 0 aliphatic heterocycles. The van der Waals surface area contributed by atoms with Crippen LogP contribution >= 0.6 is 0 Å². The molecule has 0 fully saturated rings. The van der Waals surface area contributed by atoms with Crippen molar-refractivity contribution in [2.75, 3.05) is 13.1 Å². The van der Waals surface area contributed by atoms with Crippen LogP contribution in [-0.2, 0) is 0 Å². The Kier molecular flexibility index (Phi) is 6.60. The molecule has 2 amide bonds. The highest BCUT2D eigenvalue weighted by Gasteiger charge is 2.10. The Labute approximate surface area is 148 Å². The number of halogens is 3. The maximum absolute atomic E-state index is 13.4. The van der Waals surface area contributed by atoms with E-state index in [1.54, 1.807) is 6.92 Å². The molecule has 0 saturated heterocycles. The predicted molar refractivity (Wildman–Crippen MR) is 88.9 cm³/mol. The summed E-state index contributed by atoms with van der Waals surface area (Å²) in [4.78, 5) is 23.9. The van der Waals surface area contributed by atoms with Crippen LogP contribution in [0.3, 0.4) is 0 Å². The first-order chi connectivity index (χ1) is 12.4. The second kappa shape index (κ2) is 8.89. The molecule has 8 heteroatoms. The van der Waals surface area contributed by atoms with Crippen LogP contribution in [0.1, 0.15) is 26.3 Å². The summed E-state index contributed by atoms with van der Waals surface area (Å²) < 4.78 is 42.0. The first-order valence-electron chi connectivity index (χ1n) is 7.74. The van der Waals surface area contributed by atoms with Crippen LogP contribution in [-0.4, -0.2) is 31.5 Å². The van der Waals surface area contributed by atoms with Crippen molar-refractivity contribution in [1.29, 1.82) is 0 Å². The summed E-state index contributed by atoms with van der Waals surface area (Å²) in [5.41, 5.74) is 0.762. The summed E-state index contributed by atoms with van der Waals surface area (Å²) in [6.07, 6.45) is 0. The Hall–Kier alpha value is -3.03. The third kappa shape index (κ3) is 5.51. The van der Waals surface area contributed by atoms with E-state index in [2.05, 4.69) is 15.4 Å². The second-order valence-corrected chi connectivity index (χ2v) is 5.38. The van der Waals surface area contributed by atoms with E-state index in [0.29, 0.717) is 5.56 Å². The highest BCUT2D eigenvalue weighted by molar-refractivity contribution is 5.95. The van der Waals surface area contributed by atoms with Crippen molar-refractivity contribution >= 4 is 11.8 Å². The van der Waals surface area contributed by atoms with Gasteiger partial charge in [0.05, 0.1) is 0 Å². The van der Waals surface area contributed by atoms with Crippen LogP contribution in [0.4, 0.5) is 13.2 Å². The number of aryl methyl sites for hydroxylation is 1. The lowest BCUT2D eigenvalue weighted by atomic mass is 10.1. The maximum Gasteiger partial charge on any atom is 0.387 e. The molecule has 0 aliphatic carbocycles. The van der Waals surface area contributed by atoms with Crippen LogP contribution in [0.2, 0.25) is 0 Å². The Morgan fingerprint density at radius 3 is 2.19 bits per heavy atom. The zero-order valence-electron chi connectivity index (χ0n) is 13.9. The number of amides is 2. The molecule has 0 unspecified atom stereocenters. The molecule has 2 aromatic carbocycles. The molecule has 2 rings (SSSR count). The van der Waals surface area contributed by atoms with Crippen molar-refractivity contribution in [1.82, 2.24) is 10.6 Å². The molecule has 2 aromatic rings. The SMILES string of the molecule is Cc1ccc(C(=O)NCCNC(=O)c2cccc(OC(F)F)c2)cc1F. The Morgan fingerprint density at radius 1 is 1.00 bits per heavy atom. The van der Waals surface area contributed by atoms with Gasteiger partial charge in [-0.15, -0.1) is 0 Å². The van der Waals surface area contributed by atoms with Gasteiger partial charge in [0.2, 0.25) is 0 Å². The molecule has 0 heterocycles. The van der Waals surface area contributed by atoms with E-state index < -0.39 is 24.2 Å². The fraction of sp³-hybridized carbons (Fsp3) is 0.222. The van der Waals surface area contributed by atoms with Gasteiger partial charge in [0, 0.05) is 24.2 Å². The van der Waals surface area contributed by atoms with Crippen molar-refractivity contribution in [3.8, 4) is 5.75 Å².